The van der Waals surface area contributed by atoms with Crippen molar-refractivity contribution < 1.29 is 13.9 Å². The fraction of sp³-hybridized carbons (Fsp3) is 0.118. The van der Waals surface area contributed by atoms with Crippen molar-refractivity contribution in [3.05, 3.63) is 66.2 Å². The third kappa shape index (κ3) is 3.89. The minimum absolute atomic E-state index is 0.238. The molecule has 3 aromatic rings. The molecule has 0 unspecified atom stereocenters. The highest BCUT2D eigenvalue weighted by molar-refractivity contribution is 5.92. The van der Waals surface area contributed by atoms with Crippen LogP contribution in [0.4, 0.5) is 11.5 Å². The summed E-state index contributed by atoms with van der Waals surface area (Å²) in [5.74, 6) is 1.68. The van der Waals surface area contributed by atoms with E-state index in [1.54, 1.807) is 37.6 Å². The Hall–Kier alpha value is -3.35. The molecule has 122 valence electrons. The molecule has 7 heteroatoms. The SMILES string of the molecule is COc1ccc(Nc2ccc(C(=O)NCc3ccco3)nn2)cc1. The predicted octanol–water partition coefficient (Wildman–Crippen LogP) is 2.75. The second kappa shape index (κ2) is 7.28. The van der Waals surface area contributed by atoms with Gasteiger partial charge in [0.15, 0.2) is 11.5 Å². The fourth-order valence-electron chi connectivity index (χ4n) is 2.01. The second-order valence-electron chi connectivity index (χ2n) is 4.92. The minimum Gasteiger partial charge on any atom is -0.497 e. The first-order valence-electron chi connectivity index (χ1n) is 7.30. The molecule has 1 amide bonds. The van der Waals surface area contributed by atoms with E-state index in [4.69, 9.17) is 9.15 Å². The van der Waals surface area contributed by atoms with E-state index in [0.29, 0.717) is 18.1 Å². The molecule has 3 rings (SSSR count). The Balaban J connectivity index is 1.58. The fourth-order valence-corrected chi connectivity index (χ4v) is 2.01. The summed E-state index contributed by atoms with van der Waals surface area (Å²) < 4.78 is 10.3. The highest BCUT2D eigenvalue weighted by Gasteiger charge is 2.09. The number of hydrogen-bond donors (Lipinski definition) is 2. The van der Waals surface area contributed by atoms with Crippen LogP contribution < -0.4 is 15.4 Å². The smallest absolute Gasteiger partial charge is 0.272 e. The molecule has 0 aliphatic carbocycles. The lowest BCUT2D eigenvalue weighted by Gasteiger charge is -2.07. The van der Waals surface area contributed by atoms with E-state index in [9.17, 15) is 4.79 Å². The molecule has 0 aliphatic rings. The Labute approximate surface area is 138 Å². The number of nitrogens with one attached hydrogen (secondary N) is 2. The maximum Gasteiger partial charge on any atom is 0.272 e. The van der Waals surface area contributed by atoms with Crippen LogP contribution in [0.1, 0.15) is 16.2 Å². The monoisotopic (exact) mass is 324 g/mol. The summed E-state index contributed by atoms with van der Waals surface area (Å²) >= 11 is 0. The quantitative estimate of drug-likeness (QED) is 0.725. The molecule has 2 heterocycles. The Kier molecular flexibility index (Phi) is 4.71. The number of benzene rings is 1. The van der Waals surface area contributed by atoms with Gasteiger partial charge < -0.3 is 19.8 Å². The van der Waals surface area contributed by atoms with Crippen LogP contribution in [0.15, 0.2) is 59.2 Å². The van der Waals surface area contributed by atoms with E-state index in [2.05, 4.69) is 20.8 Å². The molecule has 1 aromatic carbocycles. The van der Waals surface area contributed by atoms with E-state index in [0.717, 1.165) is 11.4 Å². The summed E-state index contributed by atoms with van der Waals surface area (Å²) in [5, 5.41) is 13.7. The van der Waals surface area contributed by atoms with E-state index >= 15 is 0 Å². The average molecular weight is 324 g/mol. The maximum atomic E-state index is 12.0. The van der Waals surface area contributed by atoms with Crippen LogP contribution in [0, 0.1) is 0 Å². The highest BCUT2D eigenvalue weighted by Crippen LogP contribution is 2.18. The van der Waals surface area contributed by atoms with E-state index in [-0.39, 0.29) is 11.6 Å². The lowest BCUT2D eigenvalue weighted by atomic mass is 10.3. The van der Waals surface area contributed by atoms with Crippen LogP contribution in [-0.4, -0.2) is 23.2 Å². The third-order valence-corrected chi connectivity index (χ3v) is 3.26. The Morgan fingerprint density at radius 1 is 1.12 bits per heavy atom. The number of rotatable bonds is 6. The van der Waals surface area contributed by atoms with Crippen molar-refractivity contribution in [2.24, 2.45) is 0 Å². The standard InChI is InChI=1S/C17H16N4O3/c1-23-13-6-4-12(5-7-13)19-16-9-8-15(20-21-16)17(22)18-11-14-3-2-10-24-14/h2-10H,11H2,1H3,(H,18,22)(H,19,21). The first kappa shape index (κ1) is 15.5. The number of ether oxygens (including phenoxy) is 1. The van der Waals surface area contributed by atoms with Gasteiger partial charge in [-0.25, -0.2) is 0 Å². The third-order valence-electron chi connectivity index (χ3n) is 3.26. The summed E-state index contributed by atoms with van der Waals surface area (Å²) in [6.45, 7) is 0.305. The molecule has 2 N–H and O–H groups in total. The van der Waals surface area contributed by atoms with Gasteiger partial charge in [-0.2, -0.15) is 0 Å². The van der Waals surface area contributed by atoms with Gasteiger partial charge in [0, 0.05) is 5.69 Å². The van der Waals surface area contributed by atoms with Crippen molar-refractivity contribution in [3.63, 3.8) is 0 Å². The number of anilines is 2. The Bertz CT molecular complexity index is 784. The van der Waals surface area contributed by atoms with Crippen LogP contribution in [-0.2, 0) is 6.54 Å². The van der Waals surface area contributed by atoms with Crippen LogP contribution >= 0.6 is 0 Å². The molecule has 0 spiro atoms. The van der Waals surface area contributed by atoms with Crippen molar-refractivity contribution in [1.82, 2.24) is 15.5 Å². The molecule has 0 aliphatic heterocycles. The van der Waals surface area contributed by atoms with Gasteiger partial charge in [-0.05, 0) is 48.5 Å². The molecule has 0 atom stereocenters. The Morgan fingerprint density at radius 3 is 2.58 bits per heavy atom. The molecule has 0 saturated heterocycles. The summed E-state index contributed by atoms with van der Waals surface area (Å²) in [6.07, 6.45) is 1.56. The summed E-state index contributed by atoms with van der Waals surface area (Å²) in [5.41, 5.74) is 1.09. The van der Waals surface area contributed by atoms with Crippen LogP contribution in [0.5, 0.6) is 5.75 Å². The van der Waals surface area contributed by atoms with Gasteiger partial charge in [-0.1, -0.05) is 0 Å². The van der Waals surface area contributed by atoms with E-state index < -0.39 is 0 Å². The van der Waals surface area contributed by atoms with Gasteiger partial charge in [-0.15, -0.1) is 10.2 Å². The van der Waals surface area contributed by atoms with E-state index in [1.807, 2.05) is 24.3 Å². The van der Waals surface area contributed by atoms with Gasteiger partial charge in [0.1, 0.15) is 11.5 Å². The topological polar surface area (TPSA) is 89.3 Å². The number of carbonyl (C=O) groups excluding carboxylic acids is 1. The largest absolute Gasteiger partial charge is 0.497 e. The minimum atomic E-state index is -0.310. The van der Waals surface area contributed by atoms with Crippen LogP contribution in [0.2, 0.25) is 0 Å². The van der Waals surface area contributed by atoms with Gasteiger partial charge in [-0.3, -0.25) is 4.79 Å². The van der Waals surface area contributed by atoms with Crippen molar-refractivity contribution in [2.45, 2.75) is 6.54 Å². The molecule has 0 radical (unpaired) electrons. The molecule has 7 nitrogen and oxygen atoms in total. The van der Waals surface area contributed by atoms with Crippen molar-refractivity contribution in [2.75, 3.05) is 12.4 Å². The second-order valence-corrected chi connectivity index (χ2v) is 4.92. The normalized spacial score (nSPS) is 10.2. The molecular weight excluding hydrogens is 308 g/mol. The molecule has 0 fully saturated rings. The zero-order chi connectivity index (χ0) is 16.8. The Morgan fingerprint density at radius 2 is 1.96 bits per heavy atom. The van der Waals surface area contributed by atoms with Gasteiger partial charge in [0.2, 0.25) is 0 Å². The van der Waals surface area contributed by atoms with Gasteiger partial charge in [0.25, 0.3) is 5.91 Å². The number of amides is 1. The maximum absolute atomic E-state index is 12.0. The summed E-state index contributed by atoms with van der Waals surface area (Å²) in [4.78, 5) is 12.0. The number of aromatic nitrogens is 2. The highest BCUT2D eigenvalue weighted by atomic mass is 16.5. The molecule has 24 heavy (non-hydrogen) atoms. The number of furan rings is 1. The van der Waals surface area contributed by atoms with Gasteiger partial charge >= 0.3 is 0 Å². The molecule has 2 aromatic heterocycles. The molecule has 0 saturated carbocycles. The summed E-state index contributed by atoms with van der Waals surface area (Å²) in [7, 11) is 1.61. The van der Waals surface area contributed by atoms with E-state index in [1.165, 1.54) is 0 Å². The van der Waals surface area contributed by atoms with Crippen LogP contribution in [0.3, 0.4) is 0 Å². The van der Waals surface area contributed by atoms with Crippen molar-refractivity contribution >= 4 is 17.4 Å². The number of hydrogen-bond acceptors (Lipinski definition) is 6. The number of nitrogens with zero attached hydrogens (tertiary/aromatic N) is 2. The molecular formula is C17H16N4O3. The first-order chi connectivity index (χ1) is 11.7. The first-order valence-corrected chi connectivity index (χ1v) is 7.30. The lowest BCUT2D eigenvalue weighted by Crippen LogP contribution is -2.23. The lowest BCUT2D eigenvalue weighted by molar-refractivity contribution is 0.0942. The molecule has 0 bridgehead atoms. The average Bonchev–Trinajstić information content (AvgIpc) is 3.14. The number of methoxy groups -OCH3 is 1. The zero-order valence-corrected chi connectivity index (χ0v) is 13.0. The predicted molar refractivity (Wildman–Crippen MR) is 88.2 cm³/mol. The summed E-state index contributed by atoms with van der Waals surface area (Å²) in [6, 6.07) is 14.3. The van der Waals surface area contributed by atoms with Crippen LogP contribution in [0.25, 0.3) is 0 Å². The van der Waals surface area contributed by atoms with Crippen molar-refractivity contribution in [3.8, 4) is 5.75 Å². The zero-order valence-electron chi connectivity index (χ0n) is 13.0. The van der Waals surface area contributed by atoms with Gasteiger partial charge in [0.05, 0.1) is 19.9 Å². The number of carbonyl (C=O) groups is 1. The van der Waals surface area contributed by atoms with Crippen molar-refractivity contribution in [1.29, 1.82) is 0 Å².